The highest BCUT2D eigenvalue weighted by atomic mass is 19.1. The van der Waals surface area contributed by atoms with Crippen LogP contribution in [0.4, 0.5) is 4.39 Å². The summed E-state index contributed by atoms with van der Waals surface area (Å²) in [4.78, 5) is 18.3. The van der Waals surface area contributed by atoms with E-state index in [0.717, 1.165) is 54.5 Å². The maximum Gasteiger partial charge on any atom is 0.297 e. The van der Waals surface area contributed by atoms with Gasteiger partial charge in [-0.2, -0.15) is 10.1 Å². The third-order valence-electron chi connectivity index (χ3n) is 12.0. The molecule has 0 radical (unpaired) electrons. The standard InChI is InChI=1S/C36H39FN4O3/c1-35-17-21-19-38-41(24-11-9-23(37)10-12-24)30(21)16-22(35)8-13-25-26-14-15-27(36(26,2)18-31(42)33(25)35)32(43)20-44-34-39-28-6-4-5-7-29(28)40(34)3/h4-7,9-12,16,19,25-27,31,33,42H,8,13-15,17-18,20H2,1-3H3. The fraction of sp³-hybridized carbons (Fsp3) is 0.472. The average Bonchev–Trinajstić information content (AvgIpc) is 3.67. The van der Waals surface area contributed by atoms with Crippen molar-refractivity contribution in [3.8, 4) is 11.7 Å². The van der Waals surface area contributed by atoms with E-state index in [0.29, 0.717) is 24.3 Å². The number of allylic oxidation sites excluding steroid dienone is 1. The summed E-state index contributed by atoms with van der Waals surface area (Å²) in [6, 6.07) is 14.8. The van der Waals surface area contributed by atoms with Crippen molar-refractivity contribution >= 4 is 22.9 Å². The summed E-state index contributed by atoms with van der Waals surface area (Å²) >= 11 is 0. The van der Waals surface area contributed by atoms with E-state index in [1.54, 1.807) is 12.1 Å². The molecule has 0 saturated heterocycles. The number of benzene rings is 2. The van der Waals surface area contributed by atoms with Crippen LogP contribution in [0.1, 0.15) is 57.2 Å². The number of rotatable bonds is 5. The molecule has 2 aromatic heterocycles. The first-order chi connectivity index (χ1) is 21.2. The Morgan fingerprint density at radius 2 is 1.91 bits per heavy atom. The van der Waals surface area contributed by atoms with Crippen molar-refractivity contribution in [3.63, 3.8) is 0 Å². The molecule has 3 saturated carbocycles. The fourth-order valence-corrected chi connectivity index (χ4v) is 9.99. The van der Waals surface area contributed by atoms with Crippen LogP contribution in [0.15, 0.2) is 60.3 Å². The summed E-state index contributed by atoms with van der Waals surface area (Å²) in [6.07, 6.45) is 9.03. The Morgan fingerprint density at radius 3 is 2.70 bits per heavy atom. The van der Waals surface area contributed by atoms with E-state index in [-0.39, 0.29) is 40.9 Å². The van der Waals surface area contributed by atoms with Crippen molar-refractivity contribution in [3.05, 3.63) is 77.4 Å². The Kier molecular flexibility index (Phi) is 6.22. The van der Waals surface area contributed by atoms with Gasteiger partial charge in [-0.25, -0.2) is 9.07 Å². The lowest BCUT2D eigenvalue weighted by molar-refractivity contribution is -0.143. The SMILES string of the molecule is Cn1c(OCC(=O)C2CCC3C4CCC5=Cc6c(cnn6-c6ccc(F)cc6)CC5(C)C4C(O)CC23C)nc2ccccc21. The third kappa shape index (κ3) is 3.99. The molecule has 4 aliphatic rings. The molecule has 0 spiro atoms. The molecule has 2 aromatic carbocycles. The van der Waals surface area contributed by atoms with Gasteiger partial charge in [-0.05, 0) is 115 Å². The molecule has 1 N–H and O–H groups in total. The lowest BCUT2D eigenvalue weighted by Crippen LogP contribution is -2.57. The predicted molar refractivity (Wildman–Crippen MR) is 166 cm³/mol. The van der Waals surface area contributed by atoms with Crippen LogP contribution in [-0.4, -0.2) is 42.9 Å². The maximum atomic E-state index is 13.8. The van der Waals surface area contributed by atoms with Gasteiger partial charge in [0.15, 0.2) is 5.78 Å². The number of hydrogen-bond donors (Lipinski definition) is 1. The normalized spacial score (nSPS) is 32.4. The van der Waals surface area contributed by atoms with Crippen LogP contribution in [0, 0.1) is 40.3 Å². The summed E-state index contributed by atoms with van der Waals surface area (Å²) in [5, 5.41) is 16.7. The first kappa shape index (κ1) is 27.7. The molecule has 3 fully saturated rings. The lowest BCUT2D eigenvalue weighted by Gasteiger charge is -2.59. The number of imidazole rings is 1. The van der Waals surface area contributed by atoms with Crippen LogP contribution < -0.4 is 4.74 Å². The second-order valence-electron chi connectivity index (χ2n) is 14.1. The molecule has 7 nitrogen and oxygen atoms in total. The van der Waals surface area contributed by atoms with Crippen LogP contribution in [-0.2, 0) is 18.3 Å². The Hall–Kier alpha value is -3.78. The maximum absolute atomic E-state index is 13.8. The zero-order chi connectivity index (χ0) is 30.4. The van der Waals surface area contributed by atoms with Crippen LogP contribution in [0.2, 0.25) is 0 Å². The minimum absolute atomic E-state index is 0.000246. The number of fused-ring (bicyclic) bond motifs is 7. The zero-order valence-corrected chi connectivity index (χ0v) is 25.5. The fourth-order valence-electron chi connectivity index (χ4n) is 9.99. The number of aliphatic hydroxyl groups excluding tert-OH is 1. The van der Waals surface area contributed by atoms with Crippen molar-refractivity contribution in [2.45, 2.75) is 58.5 Å². The second-order valence-corrected chi connectivity index (χ2v) is 14.1. The van der Waals surface area contributed by atoms with Gasteiger partial charge in [0.05, 0.1) is 34.7 Å². The number of ether oxygens (including phenoxy) is 1. The molecule has 8 rings (SSSR count). The predicted octanol–water partition coefficient (Wildman–Crippen LogP) is 6.32. The van der Waals surface area contributed by atoms with Gasteiger partial charge in [-0.15, -0.1) is 0 Å². The largest absolute Gasteiger partial charge is 0.457 e. The number of halogens is 1. The van der Waals surface area contributed by atoms with Crippen molar-refractivity contribution in [1.82, 2.24) is 19.3 Å². The number of Topliss-reactive ketones (excluding diaryl/α,β-unsaturated/α-hetero) is 1. The van der Waals surface area contributed by atoms with Crippen LogP contribution in [0.3, 0.4) is 0 Å². The van der Waals surface area contributed by atoms with Gasteiger partial charge in [0.1, 0.15) is 12.4 Å². The summed E-state index contributed by atoms with van der Waals surface area (Å²) in [5.74, 6) is 0.608. The molecule has 7 atom stereocenters. The number of aryl methyl sites for hydroxylation is 1. The van der Waals surface area contributed by atoms with Crippen molar-refractivity contribution in [1.29, 1.82) is 0 Å². The number of para-hydroxylation sites is 2. The van der Waals surface area contributed by atoms with E-state index in [1.165, 1.54) is 23.3 Å². The highest BCUT2D eigenvalue weighted by Gasteiger charge is 2.63. The average molecular weight is 595 g/mol. The Bertz CT molecular complexity index is 1810. The summed E-state index contributed by atoms with van der Waals surface area (Å²) in [7, 11) is 1.91. The molecule has 0 amide bonds. The molecule has 7 unspecified atom stereocenters. The van der Waals surface area contributed by atoms with E-state index >= 15 is 0 Å². The second kappa shape index (κ2) is 9.86. The quantitative estimate of drug-likeness (QED) is 0.293. The smallest absolute Gasteiger partial charge is 0.297 e. The van der Waals surface area contributed by atoms with Gasteiger partial charge in [0.25, 0.3) is 6.01 Å². The number of hydrogen-bond acceptors (Lipinski definition) is 5. The monoisotopic (exact) mass is 594 g/mol. The van der Waals surface area contributed by atoms with Gasteiger partial charge in [0, 0.05) is 13.0 Å². The Balaban J connectivity index is 1.03. The van der Waals surface area contributed by atoms with Crippen molar-refractivity contribution < 1.29 is 19.0 Å². The molecule has 2 heterocycles. The molecular formula is C36H39FN4O3. The van der Waals surface area contributed by atoms with E-state index in [9.17, 15) is 14.3 Å². The van der Waals surface area contributed by atoms with Gasteiger partial charge in [-0.1, -0.05) is 31.6 Å². The van der Waals surface area contributed by atoms with Crippen molar-refractivity contribution in [2.75, 3.05) is 6.61 Å². The molecule has 4 aromatic rings. The van der Waals surface area contributed by atoms with Crippen LogP contribution >= 0.6 is 0 Å². The molecule has 4 aliphatic carbocycles. The molecule has 8 heteroatoms. The summed E-state index contributed by atoms with van der Waals surface area (Å²) in [6.45, 7) is 4.59. The number of aromatic nitrogens is 4. The van der Waals surface area contributed by atoms with Crippen molar-refractivity contribution in [2.24, 2.45) is 41.5 Å². The third-order valence-corrected chi connectivity index (χ3v) is 12.0. The highest BCUT2D eigenvalue weighted by molar-refractivity contribution is 5.84. The number of carbonyl (C=O) groups is 1. The van der Waals surface area contributed by atoms with Gasteiger partial charge in [-0.3, -0.25) is 9.36 Å². The molecule has 0 aliphatic heterocycles. The Morgan fingerprint density at radius 1 is 1.11 bits per heavy atom. The molecule has 0 bridgehead atoms. The van der Waals surface area contributed by atoms with E-state index in [2.05, 4.69) is 24.9 Å². The first-order valence-electron chi connectivity index (χ1n) is 16.0. The van der Waals surface area contributed by atoms with Gasteiger partial charge in [0.2, 0.25) is 0 Å². The minimum atomic E-state index is -0.488. The first-order valence-corrected chi connectivity index (χ1v) is 16.0. The molecule has 228 valence electrons. The van der Waals surface area contributed by atoms with Gasteiger partial charge >= 0.3 is 0 Å². The van der Waals surface area contributed by atoms with E-state index in [4.69, 9.17) is 9.84 Å². The zero-order valence-electron chi connectivity index (χ0n) is 25.5. The number of ketones is 1. The number of aliphatic hydroxyl groups is 1. The highest BCUT2D eigenvalue weighted by Crippen LogP contribution is 2.66. The topological polar surface area (TPSA) is 82.2 Å². The van der Waals surface area contributed by atoms with Crippen LogP contribution in [0.25, 0.3) is 22.8 Å². The minimum Gasteiger partial charge on any atom is -0.457 e. The number of nitrogens with zero attached hydrogens (tertiary/aromatic N) is 4. The van der Waals surface area contributed by atoms with Crippen LogP contribution in [0.5, 0.6) is 6.01 Å². The lowest BCUT2D eigenvalue weighted by atomic mass is 9.46. The summed E-state index contributed by atoms with van der Waals surface area (Å²) < 4.78 is 23.4. The van der Waals surface area contributed by atoms with E-state index < -0.39 is 6.10 Å². The Labute approximate surface area is 256 Å². The van der Waals surface area contributed by atoms with E-state index in [1.807, 2.05) is 46.8 Å². The molecule has 44 heavy (non-hydrogen) atoms. The number of carbonyl (C=O) groups excluding carboxylic acids is 1. The molecular weight excluding hydrogens is 555 g/mol. The summed E-state index contributed by atoms with van der Waals surface area (Å²) in [5.41, 5.74) is 5.85. The van der Waals surface area contributed by atoms with Gasteiger partial charge < -0.3 is 9.84 Å².